The van der Waals surface area contributed by atoms with E-state index in [1.54, 1.807) is 24.6 Å². The van der Waals surface area contributed by atoms with Gasteiger partial charge in [0, 0.05) is 18.6 Å². The largest absolute Gasteiger partial charge is 0.358 e. The molecular weight excluding hydrogens is 198 g/mol. The van der Waals surface area contributed by atoms with Crippen LogP contribution in [0.5, 0.6) is 0 Å². The molecule has 1 aromatic rings. The standard InChI is InChI=1S/C9H15N3OS/c1-6(8(13)10-3)12-7(2)9-11-4-5-14-9/h4-7,12H,1-3H3,(H,10,13)/t6-,7?/m1/s1. The van der Waals surface area contributed by atoms with E-state index in [0.717, 1.165) is 5.01 Å². The van der Waals surface area contributed by atoms with E-state index in [9.17, 15) is 4.79 Å². The number of hydrogen-bond acceptors (Lipinski definition) is 4. The number of carbonyl (C=O) groups excluding carboxylic acids is 1. The minimum absolute atomic E-state index is 0.00611. The van der Waals surface area contributed by atoms with Crippen molar-refractivity contribution in [2.24, 2.45) is 0 Å². The van der Waals surface area contributed by atoms with Crippen LogP contribution in [0.3, 0.4) is 0 Å². The molecule has 0 bridgehead atoms. The first kappa shape index (κ1) is 11.1. The van der Waals surface area contributed by atoms with Gasteiger partial charge in [-0.1, -0.05) is 0 Å². The van der Waals surface area contributed by atoms with Gasteiger partial charge >= 0.3 is 0 Å². The average molecular weight is 213 g/mol. The predicted octanol–water partition coefficient (Wildman–Crippen LogP) is 0.928. The van der Waals surface area contributed by atoms with Crippen molar-refractivity contribution in [3.05, 3.63) is 16.6 Å². The van der Waals surface area contributed by atoms with Gasteiger partial charge < -0.3 is 5.32 Å². The molecule has 0 saturated heterocycles. The van der Waals surface area contributed by atoms with Crippen LogP contribution >= 0.6 is 11.3 Å². The second-order valence-electron chi connectivity index (χ2n) is 3.09. The van der Waals surface area contributed by atoms with Gasteiger partial charge in [0.25, 0.3) is 0 Å². The van der Waals surface area contributed by atoms with E-state index in [1.807, 2.05) is 19.2 Å². The van der Waals surface area contributed by atoms with Crippen molar-refractivity contribution in [2.75, 3.05) is 7.05 Å². The number of aromatic nitrogens is 1. The molecule has 0 fully saturated rings. The first-order valence-electron chi connectivity index (χ1n) is 4.52. The Balaban J connectivity index is 2.49. The summed E-state index contributed by atoms with van der Waals surface area (Å²) in [5.74, 6) is -0.00611. The molecule has 2 N–H and O–H groups in total. The molecule has 5 heteroatoms. The van der Waals surface area contributed by atoms with Gasteiger partial charge in [0.05, 0.1) is 12.1 Å². The van der Waals surface area contributed by atoms with Crippen LogP contribution in [-0.4, -0.2) is 24.0 Å². The van der Waals surface area contributed by atoms with Gasteiger partial charge in [-0.25, -0.2) is 4.98 Å². The molecule has 1 aromatic heterocycles. The Kier molecular flexibility index (Phi) is 4.03. The number of rotatable bonds is 4. The summed E-state index contributed by atoms with van der Waals surface area (Å²) >= 11 is 1.59. The van der Waals surface area contributed by atoms with Crippen molar-refractivity contribution in [3.63, 3.8) is 0 Å². The van der Waals surface area contributed by atoms with E-state index in [2.05, 4.69) is 15.6 Å². The molecule has 0 saturated carbocycles. The van der Waals surface area contributed by atoms with Gasteiger partial charge in [0.1, 0.15) is 5.01 Å². The fourth-order valence-corrected chi connectivity index (χ4v) is 1.84. The lowest BCUT2D eigenvalue weighted by molar-refractivity contribution is -0.122. The van der Waals surface area contributed by atoms with Gasteiger partial charge in [-0.3, -0.25) is 10.1 Å². The van der Waals surface area contributed by atoms with Crippen LogP contribution in [0.15, 0.2) is 11.6 Å². The molecule has 0 spiro atoms. The van der Waals surface area contributed by atoms with Gasteiger partial charge in [-0.2, -0.15) is 0 Å². The monoisotopic (exact) mass is 213 g/mol. The van der Waals surface area contributed by atoms with E-state index in [1.165, 1.54) is 0 Å². The summed E-state index contributed by atoms with van der Waals surface area (Å²) in [5, 5.41) is 8.70. The highest BCUT2D eigenvalue weighted by Gasteiger charge is 2.15. The molecule has 1 amide bonds. The maximum Gasteiger partial charge on any atom is 0.236 e. The lowest BCUT2D eigenvalue weighted by Crippen LogP contribution is -2.41. The van der Waals surface area contributed by atoms with Crippen molar-refractivity contribution >= 4 is 17.2 Å². The molecule has 0 aliphatic carbocycles. The quantitative estimate of drug-likeness (QED) is 0.782. The third kappa shape index (κ3) is 2.78. The summed E-state index contributed by atoms with van der Waals surface area (Å²) in [5.41, 5.74) is 0. The number of carbonyl (C=O) groups is 1. The molecule has 1 rings (SSSR count). The van der Waals surface area contributed by atoms with Crippen LogP contribution in [0.4, 0.5) is 0 Å². The van der Waals surface area contributed by atoms with Crippen molar-refractivity contribution < 1.29 is 4.79 Å². The molecule has 1 unspecified atom stereocenters. The van der Waals surface area contributed by atoms with E-state index in [4.69, 9.17) is 0 Å². The first-order valence-corrected chi connectivity index (χ1v) is 5.40. The third-order valence-electron chi connectivity index (χ3n) is 1.96. The molecule has 0 radical (unpaired) electrons. The lowest BCUT2D eigenvalue weighted by Gasteiger charge is -2.16. The van der Waals surface area contributed by atoms with Crippen LogP contribution in [0, 0.1) is 0 Å². The molecular formula is C9H15N3OS. The molecule has 0 aliphatic rings. The highest BCUT2D eigenvalue weighted by atomic mass is 32.1. The molecule has 2 atom stereocenters. The van der Waals surface area contributed by atoms with Gasteiger partial charge in [-0.05, 0) is 13.8 Å². The second-order valence-corrected chi connectivity index (χ2v) is 4.02. The number of amides is 1. The Labute approximate surface area is 87.7 Å². The van der Waals surface area contributed by atoms with Crippen LogP contribution in [-0.2, 0) is 4.79 Å². The normalized spacial score (nSPS) is 14.8. The number of likely N-dealkylation sites (N-methyl/N-ethyl adjacent to an activating group) is 1. The number of nitrogens with zero attached hydrogens (tertiary/aromatic N) is 1. The van der Waals surface area contributed by atoms with Crippen LogP contribution in [0.2, 0.25) is 0 Å². The third-order valence-corrected chi connectivity index (χ3v) is 2.92. The zero-order valence-electron chi connectivity index (χ0n) is 8.57. The Morgan fingerprint density at radius 2 is 2.29 bits per heavy atom. The number of nitrogens with one attached hydrogen (secondary N) is 2. The summed E-state index contributed by atoms with van der Waals surface area (Å²) in [6.07, 6.45) is 1.77. The Hall–Kier alpha value is -0.940. The summed E-state index contributed by atoms with van der Waals surface area (Å²) in [6, 6.07) is -0.0822. The first-order chi connectivity index (χ1) is 6.65. The van der Waals surface area contributed by atoms with Crippen LogP contribution in [0.25, 0.3) is 0 Å². The minimum atomic E-state index is -0.195. The molecule has 4 nitrogen and oxygen atoms in total. The van der Waals surface area contributed by atoms with Crippen LogP contribution in [0.1, 0.15) is 24.9 Å². The Morgan fingerprint density at radius 1 is 1.57 bits per heavy atom. The maximum absolute atomic E-state index is 11.2. The number of hydrogen-bond donors (Lipinski definition) is 2. The van der Waals surface area contributed by atoms with E-state index in [-0.39, 0.29) is 18.0 Å². The molecule has 0 aromatic carbocycles. The summed E-state index contributed by atoms with van der Waals surface area (Å²) < 4.78 is 0. The smallest absolute Gasteiger partial charge is 0.236 e. The maximum atomic E-state index is 11.2. The van der Waals surface area contributed by atoms with E-state index in [0.29, 0.717) is 0 Å². The fraction of sp³-hybridized carbons (Fsp3) is 0.556. The minimum Gasteiger partial charge on any atom is -0.358 e. The zero-order valence-corrected chi connectivity index (χ0v) is 9.39. The average Bonchev–Trinajstić information content (AvgIpc) is 2.69. The molecule has 1 heterocycles. The summed E-state index contributed by atoms with van der Waals surface area (Å²) in [4.78, 5) is 15.4. The topological polar surface area (TPSA) is 54.0 Å². The van der Waals surface area contributed by atoms with Gasteiger partial charge in [-0.15, -0.1) is 11.3 Å². The summed E-state index contributed by atoms with van der Waals surface area (Å²) in [7, 11) is 1.63. The van der Waals surface area contributed by atoms with E-state index >= 15 is 0 Å². The molecule has 0 aliphatic heterocycles. The van der Waals surface area contributed by atoms with Gasteiger partial charge in [0.2, 0.25) is 5.91 Å². The predicted molar refractivity (Wildman–Crippen MR) is 57.2 cm³/mol. The SMILES string of the molecule is CNC(=O)[C@@H](C)NC(C)c1nccs1. The van der Waals surface area contributed by atoms with Crippen molar-refractivity contribution in [2.45, 2.75) is 25.9 Å². The zero-order chi connectivity index (χ0) is 10.6. The van der Waals surface area contributed by atoms with Gasteiger partial charge in [0.15, 0.2) is 0 Å². The lowest BCUT2D eigenvalue weighted by atomic mass is 10.2. The fourth-order valence-electron chi connectivity index (χ4n) is 1.19. The highest BCUT2D eigenvalue weighted by molar-refractivity contribution is 7.09. The van der Waals surface area contributed by atoms with Crippen molar-refractivity contribution in [1.29, 1.82) is 0 Å². The Bertz CT molecular complexity index is 286. The van der Waals surface area contributed by atoms with Crippen molar-refractivity contribution in [3.8, 4) is 0 Å². The van der Waals surface area contributed by atoms with E-state index < -0.39 is 0 Å². The van der Waals surface area contributed by atoms with Crippen LogP contribution < -0.4 is 10.6 Å². The molecule has 78 valence electrons. The number of thiazole rings is 1. The Morgan fingerprint density at radius 3 is 2.79 bits per heavy atom. The van der Waals surface area contributed by atoms with Crippen molar-refractivity contribution in [1.82, 2.24) is 15.6 Å². The second kappa shape index (κ2) is 5.07. The molecule has 14 heavy (non-hydrogen) atoms. The summed E-state index contributed by atoms with van der Waals surface area (Å²) in [6.45, 7) is 3.83. The highest BCUT2D eigenvalue weighted by Crippen LogP contribution is 2.14.